The Kier molecular flexibility index (Phi) is 8.34. The maximum atomic E-state index is 14.3. The van der Waals surface area contributed by atoms with Crippen molar-refractivity contribution >= 4 is 33.0 Å². The number of halogens is 1. The molecule has 45 heavy (non-hydrogen) atoms. The van der Waals surface area contributed by atoms with E-state index in [-0.39, 0.29) is 21.9 Å². The van der Waals surface area contributed by atoms with E-state index in [9.17, 15) is 17.6 Å². The smallest absolute Gasteiger partial charge is 0.338 e. The average Bonchev–Trinajstić information content (AvgIpc) is 3.67. The van der Waals surface area contributed by atoms with Gasteiger partial charge >= 0.3 is 5.97 Å². The summed E-state index contributed by atoms with van der Waals surface area (Å²) in [4.78, 5) is 15.6. The first-order chi connectivity index (χ1) is 21.6. The summed E-state index contributed by atoms with van der Waals surface area (Å²) < 4.78 is 53.7. The van der Waals surface area contributed by atoms with Gasteiger partial charge in [-0.3, -0.25) is 4.72 Å². The number of thiazole rings is 1. The molecule has 2 N–H and O–H groups in total. The van der Waals surface area contributed by atoms with Crippen molar-refractivity contribution in [2.45, 2.75) is 55.9 Å². The molecule has 0 spiro atoms. The summed E-state index contributed by atoms with van der Waals surface area (Å²) >= 11 is 1.12. The Hall–Kier alpha value is -3.96. The molecule has 0 aliphatic heterocycles. The Morgan fingerprint density at radius 1 is 1.02 bits per heavy atom. The average molecular weight is 651 g/mol. The lowest BCUT2D eigenvalue weighted by Crippen LogP contribution is -2.33. The number of carboxylic acid groups (broad SMARTS) is 1. The van der Waals surface area contributed by atoms with Gasteiger partial charge in [0, 0.05) is 11.4 Å². The molecule has 11 heteroatoms. The molecule has 2 aliphatic rings. The number of benzene rings is 3. The number of carbonyl (C=O) groups is 1. The van der Waals surface area contributed by atoms with Crippen LogP contribution in [0.25, 0.3) is 21.7 Å². The monoisotopic (exact) mass is 650 g/mol. The number of methoxy groups -OCH3 is 2. The molecule has 1 heterocycles. The SMILES string of the molecule is CCC1(c2ccc(-c3ccc(-c4nc(S(=O)(=O)Nc5cc(F)c(C(=O)O)cc5OC)cs4)c(OC)c3)cc2)CC2CC[C@@H](C2)C1. The Labute approximate surface area is 266 Å². The first-order valence-corrected chi connectivity index (χ1v) is 17.3. The zero-order valence-electron chi connectivity index (χ0n) is 25.3. The van der Waals surface area contributed by atoms with Gasteiger partial charge in [0.15, 0.2) is 5.03 Å². The Morgan fingerprint density at radius 3 is 2.31 bits per heavy atom. The van der Waals surface area contributed by atoms with Crippen LogP contribution in [0.5, 0.6) is 11.5 Å². The van der Waals surface area contributed by atoms with E-state index < -0.39 is 27.4 Å². The van der Waals surface area contributed by atoms with Crippen LogP contribution in [0.1, 0.15) is 61.4 Å². The summed E-state index contributed by atoms with van der Waals surface area (Å²) in [5.41, 5.74) is 3.47. The number of sulfonamides is 1. The van der Waals surface area contributed by atoms with Crippen molar-refractivity contribution in [1.29, 1.82) is 0 Å². The van der Waals surface area contributed by atoms with E-state index in [4.69, 9.17) is 14.6 Å². The second-order valence-corrected chi connectivity index (χ2v) is 14.5. The number of aromatic carboxylic acids is 1. The molecule has 2 bridgehead atoms. The molecular weight excluding hydrogens is 616 g/mol. The number of fused-ring (bicyclic) bond motifs is 2. The van der Waals surface area contributed by atoms with E-state index in [0.717, 1.165) is 52.9 Å². The van der Waals surface area contributed by atoms with Gasteiger partial charge in [0.1, 0.15) is 22.3 Å². The fourth-order valence-electron chi connectivity index (χ4n) is 7.20. The number of nitrogens with one attached hydrogen (secondary N) is 1. The molecule has 8 nitrogen and oxygen atoms in total. The van der Waals surface area contributed by atoms with Crippen LogP contribution in [0.4, 0.5) is 10.1 Å². The molecule has 2 fully saturated rings. The van der Waals surface area contributed by atoms with Crippen LogP contribution >= 0.6 is 11.3 Å². The Morgan fingerprint density at radius 2 is 1.69 bits per heavy atom. The molecule has 0 saturated heterocycles. The molecule has 0 amide bonds. The van der Waals surface area contributed by atoms with Crippen molar-refractivity contribution < 1.29 is 32.2 Å². The van der Waals surface area contributed by atoms with Crippen LogP contribution in [-0.2, 0) is 15.4 Å². The fourth-order valence-corrected chi connectivity index (χ4v) is 9.38. The van der Waals surface area contributed by atoms with Crippen molar-refractivity contribution in [3.8, 4) is 33.2 Å². The van der Waals surface area contributed by atoms with E-state index >= 15 is 0 Å². The van der Waals surface area contributed by atoms with Gasteiger partial charge in [-0.1, -0.05) is 50.1 Å². The largest absolute Gasteiger partial charge is 0.496 e. The third-order valence-corrected chi connectivity index (χ3v) is 11.7. The summed E-state index contributed by atoms with van der Waals surface area (Å²) in [5.74, 6) is -0.497. The second-order valence-electron chi connectivity index (χ2n) is 12.0. The van der Waals surface area contributed by atoms with E-state index in [1.54, 1.807) is 7.11 Å². The highest BCUT2D eigenvalue weighted by Crippen LogP contribution is 2.53. The van der Waals surface area contributed by atoms with Gasteiger partial charge < -0.3 is 14.6 Å². The highest BCUT2D eigenvalue weighted by atomic mass is 32.2. The summed E-state index contributed by atoms with van der Waals surface area (Å²) in [6.45, 7) is 2.32. The quantitative estimate of drug-likeness (QED) is 0.179. The lowest BCUT2D eigenvalue weighted by molar-refractivity contribution is 0.0691. The predicted octanol–water partition coefficient (Wildman–Crippen LogP) is 7.99. The van der Waals surface area contributed by atoms with Gasteiger partial charge in [0.2, 0.25) is 0 Å². The van der Waals surface area contributed by atoms with Gasteiger partial charge in [-0.15, -0.1) is 11.3 Å². The minimum Gasteiger partial charge on any atom is -0.496 e. The van der Waals surface area contributed by atoms with Gasteiger partial charge in [-0.2, -0.15) is 8.42 Å². The third kappa shape index (κ3) is 5.91. The molecule has 6 rings (SSSR count). The first-order valence-electron chi connectivity index (χ1n) is 14.9. The first kappa shape index (κ1) is 31.0. The van der Waals surface area contributed by atoms with Crippen molar-refractivity contribution in [2.24, 2.45) is 11.8 Å². The summed E-state index contributed by atoms with van der Waals surface area (Å²) in [5, 5.41) is 10.7. The van der Waals surface area contributed by atoms with Crippen molar-refractivity contribution in [2.75, 3.05) is 18.9 Å². The van der Waals surface area contributed by atoms with Crippen LogP contribution < -0.4 is 14.2 Å². The van der Waals surface area contributed by atoms with Crippen LogP contribution in [0.3, 0.4) is 0 Å². The number of carboxylic acids is 1. The number of hydrogen-bond acceptors (Lipinski definition) is 7. The van der Waals surface area contributed by atoms with Crippen LogP contribution in [-0.4, -0.2) is 38.7 Å². The Balaban J connectivity index is 1.24. The maximum absolute atomic E-state index is 14.3. The zero-order chi connectivity index (χ0) is 31.9. The van der Waals surface area contributed by atoms with E-state index in [2.05, 4.69) is 40.9 Å². The molecule has 2 unspecified atom stereocenters. The number of nitrogens with zero attached hydrogens (tertiary/aromatic N) is 1. The molecule has 2 saturated carbocycles. The predicted molar refractivity (Wildman–Crippen MR) is 172 cm³/mol. The highest BCUT2D eigenvalue weighted by Gasteiger charge is 2.43. The van der Waals surface area contributed by atoms with Crippen molar-refractivity contribution in [1.82, 2.24) is 4.98 Å². The summed E-state index contributed by atoms with van der Waals surface area (Å²) in [6.07, 6.45) is 7.86. The molecule has 3 aromatic carbocycles. The van der Waals surface area contributed by atoms with E-state index in [1.807, 2.05) is 18.2 Å². The molecule has 3 atom stereocenters. The number of hydrogen-bond donors (Lipinski definition) is 2. The van der Waals surface area contributed by atoms with Gasteiger partial charge in [-0.05, 0) is 77.8 Å². The van der Waals surface area contributed by atoms with Crippen LogP contribution in [0, 0.1) is 17.7 Å². The van der Waals surface area contributed by atoms with Crippen LogP contribution in [0.2, 0.25) is 0 Å². The van der Waals surface area contributed by atoms with Crippen LogP contribution in [0.15, 0.2) is 65.0 Å². The standard InChI is InChI=1S/C34H35FN2O6S2/c1-4-34(17-20-5-6-21(13-20)18-34)24-10-7-22(8-11-24)23-9-12-25(29(14-23)42-2)32-36-31(19-44-32)45(40,41)37-28-16-27(35)26(33(38)39)15-30(28)43-3/h7-12,14-16,19-21,37H,4-6,13,17-18H2,1-3H3,(H,38,39)/t20-,21?,34?/m0/s1. The van der Waals surface area contributed by atoms with Crippen molar-refractivity contribution in [3.05, 3.63) is 76.9 Å². The number of aromatic nitrogens is 1. The van der Waals surface area contributed by atoms with E-state index in [0.29, 0.717) is 16.3 Å². The summed E-state index contributed by atoms with van der Waals surface area (Å²) in [6, 6.07) is 16.4. The lowest BCUT2D eigenvalue weighted by atomic mass is 9.64. The normalized spacial score (nSPS) is 21.0. The van der Waals surface area contributed by atoms with Crippen molar-refractivity contribution in [3.63, 3.8) is 0 Å². The number of ether oxygens (including phenoxy) is 2. The summed E-state index contributed by atoms with van der Waals surface area (Å²) in [7, 11) is -1.48. The third-order valence-electron chi connectivity index (χ3n) is 9.47. The second kappa shape index (κ2) is 12.1. The van der Waals surface area contributed by atoms with E-state index in [1.165, 1.54) is 50.2 Å². The molecule has 4 aromatic rings. The number of rotatable bonds is 10. The minimum absolute atomic E-state index is 0.145. The highest BCUT2D eigenvalue weighted by molar-refractivity contribution is 7.92. The Bertz CT molecular complexity index is 1840. The number of anilines is 1. The lowest BCUT2D eigenvalue weighted by Gasteiger charge is -2.41. The molecular formula is C34H35FN2O6S2. The minimum atomic E-state index is -4.26. The zero-order valence-corrected chi connectivity index (χ0v) is 26.9. The van der Waals surface area contributed by atoms with Gasteiger partial charge in [-0.25, -0.2) is 14.2 Å². The van der Waals surface area contributed by atoms with Gasteiger partial charge in [0.05, 0.1) is 31.0 Å². The fraction of sp³-hybridized carbons (Fsp3) is 0.353. The molecule has 1 aromatic heterocycles. The maximum Gasteiger partial charge on any atom is 0.338 e. The van der Waals surface area contributed by atoms with Gasteiger partial charge in [0.25, 0.3) is 10.0 Å². The molecule has 236 valence electrons. The molecule has 0 radical (unpaired) electrons. The topological polar surface area (TPSA) is 115 Å². The molecule has 2 aliphatic carbocycles.